The summed E-state index contributed by atoms with van der Waals surface area (Å²) in [6, 6.07) is 0.376. The first-order chi connectivity index (χ1) is 11.1. The number of aliphatic hydroxyl groups is 1. The van der Waals surface area contributed by atoms with Crippen LogP contribution in [0.3, 0.4) is 0 Å². The first-order valence-corrected chi connectivity index (χ1v) is 9.74. The molecule has 0 aromatic carbocycles. The molecule has 1 saturated carbocycles. The van der Waals surface area contributed by atoms with Gasteiger partial charge in [0, 0.05) is 18.5 Å². The van der Waals surface area contributed by atoms with Crippen LogP contribution < -0.4 is 5.32 Å². The van der Waals surface area contributed by atoms with Crippen molar-refractivity contribution >= 4 is 5.91 Å². The van der Waals surface area contributed by atoms with Gasteiger partial charge in [0.15, 0.2) is 0 Å². The molecule has 1 unspecified atom stereocenters. The zero-order chi connectivity index (χ0) is 16.7. The molecule has 4 heteroatoms. The lowest BCUT2D eigenvalue weighted by Gasteiger charge is -2.30. The quantitative estimate of drug-likeness (QED) is 0.675. The van der Waals surface area contributed by atoms with Crippen LogP contribution in [0.15, 0.2) is 0 Å². The summed E-state index contributed by atoms with van der Waals surface area (Å²) in [4.78, 5) is 14.6. The smallest absolute Gasteiger partial charge is 0.223 e. The van der Waals surface area contributed by atoms with Crippen LogP contribution in [0.2, 0.25) is 0 Å². The second kappa shape index (κ2) is 9.63. The zero-order valence-electron chi connectivity index (χ0n) is 15.1. The largest absolute Gasteiger partial charge is 0.395 e. The minimum Gasteiger partial charge on any atom is -0.395 e. The Morgan fingerprint density at radius 2 is 1.91 bits per heavy atom. The minimum absolute atomic E-state index is 0.252. The number of hydrogen-bond acceptors (Lipinski definition) is 3. The number of aliphatic hydroxyl groups excluding tert-OH is 1. The fourth-order valence-corrected chi connectivity index (χ4v) is 4.24. The Bertz CT molecular complexity index is 351. The Labute approximate surface area is 142 Å². The molecule has 0 radical (unpaired) electrons. The summed E-state index contributed by atoms with van der Waals surface area (Å²) in [6.45, 7) is 7.87. The van der Waals surface area contributed by atoms with Crippen LogP contribution in [0.4, 0.5) is 0 Å². The molecule has 1 heterocycles. The SMILES string of the molecule is CC(C)C1CCC(C(=O)NCCCCN2CCCC2CO)CC1. The first kappa shape index (κ1) is 18.7. The number of nitrogens with zero attached hydrogens (tertiary/aromatic N) is 1. The molecule has 2 N–H and O–H groups in total. The molecule has 0 bridgehead atoms. The van der Waals surface area contributed by atoms with E-state index >= 15 is 0 Å². The summed E-state index contributed by atoms with van der Waals surface area (Å²) in [7, 11) is 0. The highest BCUT2D eigenvalue weighted by atomic mass is 16.3. The summed E-state index contributed by atoms with van der Waals surface area (Å²) in [5.41, 5.74) is 0. The topological polar surface area (TPSA) is 52.6 Å². The highest BCUT2D eigenvalue weighted by molar-refractivity contribution is 5.78. The van der Waals surface area contributed by atoms with Crippen molar-refractivity contribution in [3.05, 3.63) is 0 Å². The molecule has 2 fully saturated rings. The molecule has 1 saturated heterocycles. The van der Waals surface area contributed by atoms with Gasteiger partial charge in [0.25, 0.3) is 0 Å². The molecule has 0 aromatic heterocycles. The predicted molar refractivity (Wildman–Crippen MR) is 94.2 cm³/mol. The van der Waals surface area contributed by atoms with Gasteiger partial charge in [0.2, 0.25) is 5.91 Å². The van der Waals surface area contributed by atoms with Crippen LogP contribution in [-0.2, 0) is 4.79 Å². The number of likely N-dealkylation sites (tertiary alicyclic amines) is 1. The van der Waals surface area contributed by atoms with E-state index in [1.165, 1.54) is 19.3 Å². The normalized spacial score (nSPS) is 29.1. The van der Waals surface area contributed by atoms with Gasteiger partial charge >= 0.3 is 0 Å². The van der Waals surface area contributed by atoms with Crippen molar-refractivity contribution in [3.8, 4) is 0 Å². The highest BCUT2D eigenvalue weighted by Gasteiger charge is 2.27. The molecule has 23 heavy (non-hydrogen) atoms. The van der Waals surface area contributed by atoms with Crippen molar-refractivity contribution < 1.29 is 9.90 Å². The van der Waals surface area contributed by atoms with Gasteiger partial charge in [-0.25, -0.2) is 0 Å². The van der Waals surface area contributed by atoms with Gasteiger partial charge in [-0.05, 0) is 76.3 Å². The van der Waals surface area contributed by atoms with E-state index in [4.69, 9.17) is 0 Å². The van der Waals surface area contributed by atoms with Gasteiger partial charge in [-0.15, -0.1) is 0 Å². The average Bonchev–Trinajstić information content (AvgIpc) is 3.02. The molecule has 1 atom stereocenters. The van der Waals surface area contributed by atoms with E-state index in [2.05, 4.69) is 24.1 Å². The molecule has 0 spiro atoms. The molecule has 0 aromatic rings. The van der Waals surface area contributed by atoms with Crippen molar-refractivity contribution in [2.24, 2.45) is 17.8 Å². The van der Waals surface area contributed by atoms with Crippen molar-refractivity contribution in [2.75, 3.05) is 26.2 Å². The lowest BCUT2D eigenvalue weighted by molar-refractivity contribution is -0.126. The molecule has 4 nitrogen and oxygen atoms in total. The van der Waals surface area contributed by atoms with E-state index in [9.17, 15) is 9.90 Å². The number of rotatable bonds is 8. The van der Waals surface area contributed by atoms with Crippen LogP contribution in [-0.4, -0.2) is 48.2 Å². The standard InChI is InChI=1S/C19H36N2O2/c1-15(2)16-7-9-17(10-8-16)19(23)20-11-3-4-12-21-13-5-6-18(21)14-22/h15-18,22H,3-14H2,1-2H3,(H,20,23). The third-order valence-electron chi connectivity index (χ3n) is 5.97. The second-order valence-corrected chi connectivity index (χ2v) is 7.87. The van der Waals surface area contributed by atoms with Gasteiger partial charge in [-0.2, -0.15) is 0 Å². The van der Waals surface area contributed by atoms with Crippen LogP contribution >= 0.6 is 0 Å². The molecule has 1 aliphatic heterocycles. The lowest BCUT2D eigenvalue weighted by atomic mass is 9.77. The predicted octanol–water partition coefficient (Wildman–Crippen LogP) is 2.80. The number of unbranched alkanes of at least 4 members (excludes halogenated alkanes) is 1. The van der Waals surface area contributed by atoms with Gasteiger partial charge in [-0.1, -0.05) is 13.8 Å². The molecule has 1 aliphatic carbocycles. The fraction of sp³-hybridized carbons (Fsp3) is 0.947. The van der Waals surface area contributed by atoms with Crippen molar-refractivity contribution in [1.29, 1.82) is 0 Å². The van der Waals surface area contributed by atoms with E-state index in [1.807, 2.05) is 0 Å². The van der Waals surface area contributed by atoms with Crippen LogP contribution in [0, 0.1) is 17.8 Å². The van der Waals surface area contributed by atoms with E-state index in [-0.39, 0.29) is 18.4 Å². The fourth-order valence-electron chi connectivity index (χ4n) is 4.24. The Kier molecular flexibility index (Phi) is 7.84. The van der Waals surface area contributed by atoms with Crippen molar-refractivity contribution in [2.45, 2.75) is 71.3 Å². The molecule has 2 aliphatic rings. The van der Waals surface area contributed by atoms with Crippen LogP contribution in [0.5, 0.6) is 0 Å². The average molecular weight is 325 g/mol. The molecule has 2 rings (SSSR count). The maximum absolute atomic E-state index is 12.2. The van der Waals surface area contributed by atoms with E-state index in [0.29, 0.717) is 6.04 Å². The van der Waals surface area contributed by atoms with Gasteiger partial charge in [0.1, 0.15) is 0 Å². The maximum Gasteiger partial charge on any atom is 0.223 e. The number of hydrogen-bond donors (Lipinski definition) is 2. The Morgan fingerprint density at radius 3 is 2.57 bits per heavy atom. The van der Waals surface area contributed by atoms with E-state index in [1.54, 1.807) is 0 Å². The number of carbonyl (C=O) groups is 1. The Hall–Kier alpha value is -0.610. The maximum atomic E-state index is 12.2. The third-order valence-corrected chi connectivity index (χ3v) is 5.97. The molecular weight excluding hydrogens is 288 g/mol. The van der Waals surface area contributed by atoms with Gasteiger partial charge in [-0.3, -0.25) is 9.69 Å². The zero-order valence-corrected chi connectivity index (χ0v) is 15.1. The summed E-state index contributed by atoms with van der Waals surface area (Å²) < 4.78 is 0. The Morgan fingerprint density at radius 1 is 1.17 bits per heavy atom. The number of nitrogens with one attached hydrogen (secondary N) is 1. The molecular formula is C19H36N2O2. The van der Waals surface area contributed by atoms with Gasteiger partial charge < -0.3 is 10.4 Å². The lowest BCUT2D eigenvalue weighted by Crippen LogP contribution is -2.35. The van der Waals surface area contributed by atoms with E-state index in [0.717, 1.165) is 63.6 Å². The number of carbonyl (C=O) groups excluding carboxylic acids is 1. The van der Waals surface area contributed by atoms with E-state index < -0.39 is 0 Å². The van der Waals surface area contributed by atoms with Gasteiger partial charge in [0.05, 0.1) is 6.61 Å². The summed E-state index contributed by atoms with van der Waals surface area (Å²) in [5.74, 6) is 2.11. The summed E-state index contributed by atoms with van der Waals surface area (Å²) in [5, 5.41) is 12.5. The number of amides is 1. The Balaban J connectivity index is 1.53. The highest BCUT2D eigenvalue weighted by Crippen LogP contribution is 2.33. The monoisotopic (exact) mass is 324 g/mol. The van der Waals surface area contributed by atoms with Crippen molar-refractivity contribution in [3.63, 3.8) is 0 Å². The minimum atomic E-state index is 0.252. The molecule has 1 amide bonds. The second-order valence-electron chi connectivity index (χ2n) is 7.87. The first-order valence-electron chi connectivity index (χ1n) is 9.74. The third kappa shape index (κ3) is 5.75. The van der Waals surface area contributed by atoms with Crippen molar-refractivity contribution in [1.82, 2.24) is 10.2 Å². The molecule has 134 valence electrons. The summed E-state index contributed by atoms with van der Waals surface area (Å²) in [6.07, 6.45) is 9.06. The van der Waals surface area contributed by atoms with Crippen LogP contribution in [0.1, 0.15) is 65.2 Å². The van der Waals surface area contributed by atoms with Crippen LogP contribution in [0.25, 0.3) is 0 Å². The summed E-state index contributed by atoms with van der Waals surface area (Å²) >= 11 is 0.